The van der Waals surface area contributed by atoms with Crippen LogP contribution in [0.2, 0.25) is 0 Å². The molecule has 22 heavy (non-hydrogen) atoms. The Morgan fingerprint density at radius 2 is 2.23 bits per heavy atom. The van der Waals surface area contributed by atoms with Crippen molar-refractivity contribution in [1.29, 1.82) is 0 Å². The van der Waals surface area contributed by atoms with Gasteiger partial charge in [-0.25, -0.2) is 9.80 Å². The highest BCUT2D eigenvalue weighted by Crippen LogP contribution is 2.29. The van der Waals surface area contributed by atoms with Crippen LogP contribution >= 0.6 is 0 Å². The summed E-state index contributed by atoms with van der Waals surface area (Å²) in [5.74, 6) is 0. The maximum atomic E-state index is 12.3. The minimum Gasteiger partial charge on any atom is -0.442 e. The van der Waals surface area contributed by atoms with E-state index in [1.807, 2.05) is 45.0 Å². The van der Waals surface area contributed by atoms with Gasteiger partial charge in [0.15, 0.2) is 0 Å². The lowest BCUT2D eigenvalue weighted by atomic mass is 10.0. The summed E-state index contributed by atoms with van der Waals surface area (Å²) in [5, 5.41) is 1.45. The molecular weight excluding hydrogens is 282 g/mol. The van der Waals surface area contributed by atoms with Gasteiger partial charge in [-0.15, -0.1) is 6.58 Å². The molecule has 0 spiro atoms. The van der Waals surface area contributed by atoms with Crippen molar-refractivity contribution in [3.63, 3.8) is 0 Å². The van der Waals surface area contributed by atoms with E-state index in [1.54, 1.807) is 6.08 Å². The van der Waals surface area contributed by atoms with Crippen LogP contribution in [0.15, 0.2) is 36.9 Å². The normalized spacial score (nSPS) is 17.4. The summed E-state index contributed by atoms with van der Waals surface area (Å²) >= 11 is 0. The summed E-state index contributed by atoms with van der Waals surface area (Å²) in [6.45, 7) is 9.91. The second-order valence-corrected chi connectivity index (χ2v) is 6.06. The molecule has 120 valence electrons. The Morgan fingerprint density at radius 1 is 1.50 bits per heavy atom. The Morgan fingerprint density at radius 3 is 2.91 bits per heavy atom. The van der Waals surface area contributed by atoms with E-state index in [1.165, 1.54) is 5.01 Å². The van der Waals surface area contributed by atoms with Crippen molar-refractivity contribution < 1.29 is 14.4 Å². The van der Waals surface area contributed by atoms with E-state index >= 15 is 0 Å². The van der Waals surface area contributed by atoms with Crippen molar-refractivity contribution in [1.82, 2.24) is 10.5 Å². The Kier molecular flexibility index (Phi) is 5.05. The highest BCUT2D eigenvalue weighted by atomic mass is 16.6. The second kappa shape index (κ2) is 6.81. The fraction of sp³-hybridized carbons (Fsp3) is 0.438. The van der Waals surface area contributed by atoms with Crippen LogP contribution in [0.5, 0.6) is 0 Å². The molecule has 2 N–H and O–H groups in total. The van der Waals surface area contributed by atoms with E-state index in [0.29, 0.717) is 13.2 Å². The molecule has 1 atom stereocenters. The topological polar surface area (TPSA) is 62.8 Å². The van der Waals surface area contributed by atoms with Gasteiger partial charge in [-0.05, 0) is 32.4 Å². The molecule has 0 bridgehead atoms. The van der Waals surface area contributed by atoms with Crippen molar-refractivity contribution in [2.75, 3.05) is 18.6 Å². The fourth-order valence-corrected chi connectivity index (χ4v) is 2.12. The molecule has 0 aromatic heterocycles. The minimum absolute atomic E-state index is 0.148. The average Bonchev–Trinajstić information content (AvgIpc) is 2.45. The highest BCUT2D eigenvalue weighted by Gasteiger charge is 2.30. The van der Waals surface area contributed by atoms with Crippen LogP contribution in [0.3, 0.4) is 0 Å². The number of carbonyl (C=O) groups excluding carboxylic acids is 1. The van der Waals surface area contributed by atoms with E-state index in [0.717, 1.165) is 11.3 Å². The molecule has 1 heterocycles. The minimum atomic E-state index is -0.544. The van der Waals surface area contributed by atoms with Gasteiger partial charge in [-0.3, -0.25) is 10.3 Å². The largest absolute Gasteiger partial charge is 0.442 e. The first kappa shape index (κ1) is 16.3. The number of ether oxygens (including phenoxy) is 1. The van der Waals surface area contributed by atoms with Crippen LogP contribution in [0.1, 0.15) is 32.4 Å². The van der Waals surface area contributed by atoms with Crippen molar-refractivity contribution >= 4 is 11.8 Å². The van der Waals surface area contributed by atoms with Gasteiger partial charge in [0.05, 0.1) is 24.9 Å². The first-order chi connectivity index (χ1) is 10.4. The maximum Gasteiger partial charge on any atom is 0.429 e. The quantitative estimate of drug-likeness (QED) is 0.508. The van der Waals surface area contributed by atoms with E-state index in [-0.39, 0.29) is 6.04 Å². The van der Waals surface area contributed by atoms with Gasteiger partial charge in [0, 0.05) is 0 Å². The Balaban J connectivity index is 2.13. The zero-order valence-electron chi connectivity index (χ0n) is 13.3. The first-order valence-corrected chi connectivity index (χ1v) is 7.25. The van der Waals surface area contributed by atoms with Gasteiger partial charge >= 0.3 is 6.09 Å². The third-order valence-corrected chi connectivity index (χ3v) is 3.00. The number of fused-ring (bicyclic) bond motifs is 1. The molecule has 1 aromatic carbocycles. The number of hydrazine groups is 1. The smallest absolute Gasteiger partial charge is 0.429 e. The third kappa shape index (κ3) is 4.22. The summed E-state index contributed by atoms with van der Waals surface area (Å²) in [5.41, 5.74) is 7.39. The molecule has 6 nitrogen and oxygen atoms in total. The van der Waals surface area contributed by atoms with Crippen LogP contribution in [-0.4, -0.2) is 29.9 Å². The number of anilines is 1. The molecule has 1 aliphatic rings. The highest BCUT2D eigenvalue weighted by molar-refractivity contribution is 5.72. The summed E-state index contributed by atoms with van der Waals surface area (Å²) in [4.78, 5) is 17.6. The number of hydroxylamine groups is 1. The molecule has 1 amide bonds. The van der Waals surface area contributed by atoms with Gasteiger partial charge in [-0.2, -0.15) is 5.48 Å². The fourth-order valence-electron chi connectivity index (χ4n) is 2.12. The summed E-state index contributed by atoms with van der Waals surface area (Å²) in [6, 6.07) is 7.61. The number of nitrogens with one attached hydrogen (secondary N) is 2. The van der Waals surface area contributed by atoms with Crippen LogP contribution in [0.4, 0.5) is 10.5 Å². The molecule has 0 fully saturated rings. The predicted molar refractivity (Wildman–Crippen MR) is 85.0 cm³/mol. The molecule has 1 aromatic rings. The molecule has 0 radical (unpaired) electrons. The number of nitrogens with zero attached hydrogens (tertiary/aromatic N) is 1. The molecule has 0 aliphatic carbocycles. The number of hydrogen-bond acceptors (Lipinski definition) is 5. The predicted octanol–water partition coefficient (Wildman–Crippen LogP) is 3.01. The summed E-state index contributed by atoms with van der Waals surface area (Å²) in [6.07, 6.45) is 1.24. The van der Waals surface area contributed by atoms with Crippen molar-refractivity contribution in [3.05, 3.63) is 42.5 Å². The summed E-state index contributed by atoms with van der Waals surface area (Å²) in [7, 11) is 0. The lowest BCUT2D eigenvalue weighted by Crippen LogP contribution is -2.48. The molecule has 1 aliphatic heterocycles. The number of hydrogen-bond donors (Lipinski definition) is 2. The number of benzene rings is 1. The first-order valence-electron chi connectivity index (χ1n) is 7.25. The molecule has 1 unspecified atom stereocenters. The lowest BCUT2D eigenvalue weighted by molar-refractivity contribution is 0.00626. The van der Waals surface area contributed by atoms with Gasteiger partial charge in [0.1, 0.15) is 5.60 Å². The summed E-state index contributed by atoms with van der Waals surface area (Å²) < 4.78 is 5.41. The Bertz CT molecular complexity index is 540. The lowest BCUT2D eigenvalue weighted by Gasteiger charge is -2.36. The van der Waals surface area contributed by atoms with E-state index < -0.39 is 11.7 Å². The van der Waals surface area contributed by atoms with Crippen LogP contribution in [-0.2, 0) is 9.57 Å². The van der Waals surface area contributed by atoms with Crippen LogP contribution in [0, 0.1) is 0 Å². The van der Waals surface area contributed by atoms with E-state index in [4.69, 9.17) is 9.57 Å². The van der Waals surface area contributed by atoms with Crippen LogP contribution in [0.25, 0.3) is 0 Å². The molecule has 2 rings (SSSR count). The van der Waals surface area contributed by atoms with Gasteiger partial charge in [0.25, 0.3) is 0 Å². The number of rotatable bonds is 4. The molecule has 0 saturated carbocycles. The van der Waals surface area contributed by atoms with Gasteiger partial charge in [-0.1, -0.05) is 24.3 Å². The third-order valence-electron chi connectivity index (χ3n) is 3.00. The number of carbonyl (C=O) groups is 1. The standard InChI is InChI=1S/C16H23N3O3/c1-5-10-21-18-14-11-19(15(20)22-16(2,3)4)17-13-9-7-6-8-12(13)14/h5-9,14,17-18H,1,10-11H2,2-4H3. The van der Waals surface area contributed by atoms with Crippen LogP contribution < -0.4 is 10.9 Å². The average molecular weight is 305 g/mol. The van der Waals surface area contributed by atoms with Crippen molar-refractivity contribution in [3.8, 4) is 0 Å². The molecule has 0 saturated heterocycles. The van der Waals surface area contributed by atoms with Crippen molar-refractivity contribution in [2.45, 2.75) is 32.4 Å². The number of para-hydroxylation sites is 1. The molecular formula is C16H23N3O3. The maximum absolute atomic E-state index is 12.3. The van der Waals surface area contributed by atoms with Gasteiger partial charge < -0.3 is 4.74 Å². The zero-order valence-corrected chi connectivity index (χ0v) is 13.3. The van der Waals surface area contributed by atoms with E-state index in [2.05, 4.69) is 17.5 Å². The zero-order chi connectivity index (χ0) is 16.2. The Hall–Kier alpha value is -2.05. The molecule has 6 heteroatoms. The van der Waals surface area contributed by atoms with Crippen molar-refractivity contribution in [2.24, 2.45) is 0 Å². The Labute approximate surface area is 131 Å². The van der Waals surface area contributed by atoms with Gasteiger partial charge in [0.2, 0.25) is 0 Å². The SMILES string of the molecule is C=CCONC1CN(C(=O)OC(C)(C)C)Nc2ccccc21. The monoisotopic (exact) mass is 305 g/mol. The number of amides is 1. The second-order valence-electron chi connectivity index (χ2n) is 6.06. The van der Waals surface area contributed by atoms with E-state index in [9.17, 15) is 4.79 Å².